The van der Waals surface area contributed by atoms with Crippen molar-refractivity contribution in [3.8, 4) is 0 Å². The van der Waals surface area contributed by atoms with Gasteiger partial charge in [-0.3, -0.25) is 0 Å². The molecule has 0 fully saturated rings. The molecule has 0 heterocycles. The standard InChI is InChI=1S/C16H32O3/c1-4-14(2)12-10-8-6-5-7-9-11-13-15(19-3)16(17)18/h14-15H,4-13H2,1-3H3,(H,17,18). The van der Waals surface area contributed by atoms with Gasteiger partial charge in [-0.1, -0.05) is 71.6 Å². The van der Waals surface area contributed by atoms with E-state index >= 15 is 0 Å². The first-order valence-electron chi connectivity index (χ1n) is 7.87. The van der Waals surface area contributed by atoms with Gasteiger partial charge < -0.3 is 9.84 Å². The largest absolute Gasteiger partial charge is 0.479 e. The third-order valence-corrected chi connectivity index (χ3v) is 3.92. The minimum atomic E-state index is -0.840. The molecule has 114 valence electrons. The van der Waals surface area contributed by atoms with Crippen LogP contribution in [0.5, 0.6) is 0 Å². The molecule has 0 aromatic carbocycles. The van der Waals surface area contributed by atoms with Gasteiger partial charge in [0.1, 0.15) is 0 Å². The molecule has 0 aliphatic carbocycles. The number of unbranched alkanes of at least 4 members (excludes halogenated alkanes) is 6. The molecule has 0 saturated heterocycles. The topological polar surface area (TPSA) is 46.5 Å². The molecule has 3 heteroatoms. The number of hydrogen-bond donors (Lipinski definition) is 1. The van der Waals surface area contributed by atoms with E-state index in [1.807, 2.05) is 0 Å². The average molecular weight is 272 g/mol. The maximum absolute atomic E-state index is 10.7. The second kappa shape index (κ2) is 12.5. The van der Waals surface area contributed by atoms with Gasteiger partial charge in [0.05, 0.1) is 0 Å². The van der Waals surface area contributed by atoms with Crippen molar-refractivity contribution in [3.05, 3.63) is 0 Å². The number of carboxylic acid groups (broad SMARTS) is 1. The summed E-state index contributed by atoms with van der Waals surface area (Å²) in [7, 11) is 1.47. The van der Waals surface area contributed by atoms with Crippen LogP contribution in [0.15, 0.2) is 0 Å². The monoisotopic (exact) mass is 272 g/mol. The summed E-state index contributed by atoms with van der Waals surface area (Å²) in [6.07, 6.45) is 11.3. The van der Waals surface area contributed by atoms with Crippen LogP contribution in [0.25, 0.3) is 0 Å². The van der Waals surface area contributed by atoms with Crippen LogP contribution < -0.4 is 0 Å². The molecule has 0 saturated carbocycles. The highest BCUT2D eigenvalue weighted by Gasteiger charge is 2.14. The number of hydrogen-bond acceptors (Lipinski definition) is 2. The molecular formula is C16H32O3. The Morgan fingerprint density at radius 2 is 1.47 bits per heavy atom. The minimum Gasteiger partial charge on any atom is -0.479 e. The average Bonchev–Trinajstić information content (AvgIpc) is 2.40. The summed E-state index contributed by atoms with van der Waals surface area (Å²) in [6.45, 7) is 4.59. The lowest BCUT2D eigenvalue weighted by molar-refractivity contribution is -0.148. The maximum Gasteiger partial charge on any atom is 0.332 e. The number of aliphatic carboxylic acids is 1. The van der Waals surface area contributed by atoms with Gasteiger partial charge in [-0.05, 0) is 12.3 Å². The van der Waals surface area contributed by atoms with Gasteiger partial charge in [0.15, 0.2) is 6.10 Å². The molecule has 0 radical (unpaired) electrons. The first kappa shape index (κ1) is 18.4. The van der Waals surface area contributed by atoms with Crippen molar-refractivity contribution in [1.29, 1.82) is 0 Å². The molecule has 19 heavy (non-hydrogen) atoms. The van der Waals surface area contributed by atoms with Crippen LogP contribution in [0.4, 0.5) is 0 Å². The SMILES string of the molecule is CCC(C)CCCCCCCCCC(OC)C(=O)O. The van der Waals surface area contributed by atoms with E-state index in [1.165, 1.54) is 52.1 Å². The molecule has 0 aliphatic heterocycles. The van der Waals surface area contributed by atoms with Gasteiger partial charge in [-0.15, -0.1) is 0 Å². The molecule has 2 atom stereocenters. The zero-order valence-corrected chi connectivity index (χ0v) is 13.0. The normalized spacial score (nSPS) is 14.3. The number of carbonyl (C=O) groups is 1. The fourth-order valence-corrected chi connectivity index (χ4v) is 2.25. The Kier molecular flexibility index (Phi) is 12.1. The zero-order valence-electron chi connectivity index (χ0n) is 13.0. The Morgan fingerprint density at radius 1 is 1.00 bits per heavy atom. The molecule has 0 bridgehead atoms. The van der Waals surface area contributed by atoms with Crippen LogP contribution in [0, 0.1) is 5.92 Å². The number of carboxylic acids is 1. The zero-order chi connectivity index (χ0) is 14.5. The highest BCUT2D eigenvalue weighted by molar-refractivity contribution is 5.72. The lowest BCUT2D eigenvalue weighted by atomic mass is 9.99. The quantitative estimate of drug-likeness (QED) is 0.497. The van der Waals surface area contributed by atoms with Crippen LogP contribution in [-0.4, -0.2) is 24.3 Å². The summed E-state index contributed by atoms with van der Waals surface area (Å²) in [5.74, 6) is 0.0366. The van der Waals surface area contributed by atoms with Crippen LogP contribution in [0.3, 0.4) is 0 Å². The lowest BCUT2D eigenvalue weighted by Crippen LogP contribution is -2.21. The van der Waals surface area contributed by atoms with Crippen LogP contribution in [0.2, 0.25) is 0 Å². The fourth-order valence-electron chi connectivity index (χ4n) is 2.25. The van der Waals surface area contributed by atoms with E-state index in [4.69, 9.17) is 9.84 Å². The van der Waals surface area contributed by atoms with Gasteiger partial charge in [0, 0.05) is 7.11 Å². The molecule has 3 nitrogen and oxygen atoms in total. The van der Waals surface area contributed by atoms with Crippen molar-refractivity contribution in [2.45, 2.75) is 84.2 Å². The predicted molar refractivity (Wildman–Crippen MR) is 79.4 cm³/mol. The van der Waals surface area contributed by atoms with Gasteiger partial charge in [-0.2, -0.15) is 0 Å². The molecule has 0 aromatic rings. The summed E-state index contributed by atoms with van der Waals surface area (Å²) in [5.41, 5.74) is 0. The molecule has 1 N–H and O–H groups in total. The highest BCUT2D eigenvalue weighted by Crippen LogP contribution is 2.15. The first-order valence-corrected chi connectivity index (χ1v) is 7.87. The Balaban J connectivity index is 3.25. The summed E-state index contributed by atoms with van der Waals surface area (Å²) < 4.78 is 4.90. The summed E-state index contributed by atoms with van der Waals surface area (Å²) >= 11 is 0. The smallest absolute Gasteiger partial charge is 0.332 e. The molecule has 0 aliphatic rings. The maximum atomic E-state index is 10.7. The van der Waals surface area contributed by atoms with E-state index in [-0.39, 0.29) is 0 Å². The van der Waals surface area contributed by atoms with E-state index in [9.17, 15) is 4.79 Å². The summed E-state index contributed by atoms with van der Waals surface area (Å²) in [6, 6.07) is 0. The van der Waals surface area contributed by atoms with Gasteiger partial charge >= 0.3 is 5.97 Å². The molecule has 0 aromatic heterocycles. The lowest BCUT2D eigenvalue weighted by Gasteiger charge is -2.10. The third kappa shape index (κ3) is 11.0. The molecule has 0 amide bonds. The Bertz CT molecular complexity index is 216. The second-order valence-corrected chi connectivity index (χ2v) is 5.63. The van der Waals surface area contributed by atoms with Gasteiger partial charge in [0.25, 0.3) is 0 Å². The van der Waals surface area contributed by atoms with Gasteiger partial charge in [0.2, 0.25) is 0 Å². The number of methoxy groups -OCH3 is 1. The summed E-state index contributed by atoms with van der Waals surface area (Å²) in [5, 5.41) is 8.81. The summed E-state index contributed by atoms with van der Waals surface area (Å²) in [4.78, 5) is 10.7. The Hall–Kier alpha value is -0.570. The molecule has 2 unspecified atom stereocenters. The van der Waals surface area contributed by atoms with Crippen molar-refractivity contribution in [2.24, 2.45) is 5.92 Å². The van der Waals surface area contributed by atoms with Crippen molar-refractivity contribution in [1.82, 2.24) is 0 Å². The van der Waals surface area contributed by atoms with Gasteiger partial charge in [-0.25, -0.2) is 4.79 Å². The number of ether oxygens (including phenoxy) is 1. The van der Waals surface area contributed by atoms with Crippen molar-refractivity contribution in [2.75, 3.05) is 7.11 Å². The van der Waals surface area contributed by atoms with E-state index < -0.39 is 12.1 Å². The van der Waals surface area contributed by atoms with E-state index in [2.05, 4.69) is 13.8 Å². The Labute approximate surface area is 118 Å². The second-order valence-electron chi connectivity index (χ2n) is 5.63. The highest BCUT2D eigenvalue weighted by atomic mass is 16.5. The third-order valence-electron chi connectivity index (χ3n) is 3.92. The van der Waals surface area contributed by atoms with Crippen LogP contribution in [-0.2, 0) is 9.53 Å². The molecule has 0 spiro atoms. The minimum absolute atomic E-state index is 0.615. The molecular weight excluding hydrogens is 240 g/mol. The van der Waals surface area contributed by atoms with E-state index in [0.717, 1.165) is 18.8 Å². The van der Waals surface area contributed by atoms with Crippen LogP contribution in [0.1, 0.15) is 78.1 Å². The fraction of sp³-hybridized carbons (Fsp3) is 0.938. The first-order chi connectivity index (χ1) is 9.11. The molecule has 0 rings (SSSR count). The van der Waals surface area contributed by atoms with E-state index in [1.54, 1.807) is 0 Å². The van der Waals surface area contributed by atoms with Crippen LogP contribution >= 0.6 is 0 Å². The van der Waals surface area contributed by atoms with E-state index in [0.29, 0.717) is 6.42 Å². The number of rotatable bonds is 13. The van der Waals surface area contributed by atoms with Crippen molar-refractivity contribution >= 4 is 5.97 Å². The Morgan fingerprint density at radius 3 is 1.89 bits per heavy atom. The van der Waals surface area contributed by atoms with Crippen molar-refractivity contribution in [3.63, 3.8) is 0 Å². The van der Waals surface area contributed by atoms with Crippen molar-refractivity contribution < 1.29 is 14.6 Å². The predicted octanol–water partition coefficient (Wildman–Crippen LogP) is 4.64.